The number of benzene rings is 1. The molecule has 4 nitrogen and oxygen atoms in total. The number of hydrogen-bond acceptors (Lipinski definition) is 3. The lowest BCUT2D eigenvalue weighted by Crippen LogP contribution is -2.36. The molecule has 3 N–H and O–H groups in total. The Morgan fingerprint density at radius 3 is 2.65 bits per heavy atom. The number of rotatable bonds is 5. The van der Waals surface area contributed by atoms with Crippen LogP contribution in [-0.2, 0) is 4.79 Å². The van der Waals surface area contributed by atoms with Crippen LogP contribution in [0.3, 0.4) is 0 Å². The van der Waals surface area contributed by atoms with E-state index in [2.05, 4.69) is 5.32 Å². The Labute approximate surface area is 102 Å². The summed E-state index contributed by atoms with van der Waals surface area (Å²) in [6.07, 6.45) is 0.668. The first kappa shape index (κ1) is 13.5. The van der Waals surface area contributed by atoms with Crippen LogP contribution in [0.15, 0.2) is 24.3 Å². The third-order valence-electron chi connectivity index (χ3n) is 2.43. The first-order chi connectivity index (χ1) is 8.04. The quantitative estimate of drug-likeness (QED) is 0.822. The van der Waals surface area contributed by atoms with Gasteiger partial charge >= 0.3 is 0 Å². The van der Waals surface area contributed by atoms with Gasteiger partial charge in [-0.1, -0.05) is 26.0 Å². The third-order valence-corrected chi connectivity index (χ3v) is 2.43. The van der Waals surface area contributed by atoms with E-state index < -0.39 is 6.04 Å². The maximum atomic E-state index is 11.8. The number of amides is 1. The number of nitrogens with two attached hydrogens (primary N) is 1. The Balaban J connectivity index is 2.67. The molecule has 1 rings (SSSR count). The summed E-state index contributed by atoms with van der Waals surface area (Å²) in [6, 6.07) is 6.79. The van der Waals surface area contributed by atoms with Gasteiger partial charge in [0.1, 0.15) is 5.75 Å². The molecule has 0 aliphatic carbocycles. The summed E-state index contributed by atoms with van der Waals surface area (Å²) in [6.45, 7) is 4.08. The highest BCUT2D eigenvalue weighted by Crippen LogP contribution is 2.23. The van der Waals surface area contributed by atoms with Crippen LogP contribution in [0.2, 0.25) is 0 Å². The van der Waals surface area contributed by atoms with E-state index >= 15 is 0 Å². The number of carbonyl (C=O) groups excluding carboxylic acids is 1. The minimum atomic E-state index is -0.486. The van der Waals surface area contributed by atoms with Gasteiger partial charge < -0.3 is 15.8 Å². The molecular formula is C13H20N2O2. The molecule has 0 aromatic heterocycles. The molecule has 1 aromatic rings. The summed E-state index contributed by atoms with van der Waals surface area (Å²) >= 11 is 0. The molecule has 0 aliphatic rings. The maximum absolute atomic E-state index is 11.8. The zero-order valence-corrected chi connectivity index (χ0v) is 10.6. The van der Waals surface area contributed by atoms with Crippen LogP contribution in [0, 0.1) is 5.92 Å². The lowest BCUT2D eigenvalue weighted by atomic mass is 10.0. The summed E-state index contributed by atoms with van der Waals surface area (Å²) in [4.78, 5) is 11.8. The number of carbonyl (C=O) groups is 1. The fourth-order valence-electron chi connectivity index (χ4n) is 1.59. The molecule has 0 bridgehead atoms. The molecule has 94 valence electrons. The van der Waals surface area contributed by atoms with Crippen LogP contribution >= 0.6 is 0 Å². The third kappa shape index (κ3) is 4.07. The molecule has 1 unspecified atom stereocenters. The Morgan fingerprint density at radius 2 is 2.06 bits per heavy atom. The van der Waals surface area contributed by atoms with Crippen molar-refractivity contribution >= 4 is 11.6 Å². The van der Waals surface area contributed by atoms with Gasteiger partial charge in [-0.3, -0.25) is 4.79 Å². The monoisotopic (exact) mass is 236 g/mol. The molecule has 4 heteroatoms. The number of nitrogens with one attached hydrogen (secondary N) is 1. The number of para-hydroxylation sites is 2. The van der Waals surface area contributed by atoms with E-state index in [1.807, 2.05) is 26.0 Å². The maximum Gasteiger partial charge on any atom is 0.241 e. The van der Waals surface area contributed by atoms with Crippen LogP contribution < -0.4 is 15.8 Å². The number of hydrogen-bond donors (Lipinski definition) is 2. The van der Waals surface area contributed by atoms with Crippen molar-refractivity contribution in [3.8, 4) is 5.75 Å². The topological polar surface area (TPSA) is 64.3 Å². The highest BCUT2D eigenvalue weighted by Gasteiger charge is 2.16. The fraction of sp³-hybridized carbons (Fsp3) is 0.462. The molecule has 1 aromatic carbocycles. The number of ether oxygens (including phenoxy) is 1. The highest BCUT2D eigenvalue weighted by atomic mass is 16.5. The summed E-state index contributed by atoms with van der Waals surface area (Å²) in [7, 11) is 1.57. The van der Waals surface area contributed by atoms with Gasteiger partial charge in [0.05, 0.1) is 18.8 Å². The van der Waals surface area contributed by atoms with Crippen molar-refractivity contribution in [2.45, 2.75) is 26.3 Å². The molecular weight excluding hydrogens is 216 g/mol. The smallest absolute Gasteiger partial charge is 0.241 e. The Morgan fingerprint density at radius 1 is 1.41 bits per heavy atom. The number of methoxy groups -OCH3 is 1. The SMILES string of the molecule is COc1ccccc1NC(=O)C(N)CC(C)C. The summed E-state index contributed by atoms with van der Waals surface area (Å²) in [5.41, 5.74) is 6.46. The fourth-order valence-corrected chi connectivity index (χ4v) is 1.59. The van der Waals surface area contributed by atoms with E-state index in [1.165, 1.54) is 0 Å². The van der Waals surface area contributed by atoms with E-state index in [4.69, 9.17) is 10.5 Å². The van der Waals surface area contributed by atoms with Crippen LogP contribution in [0.4, 0.5) is 5.69 Å². The molecule has 0 fully saturated rings. The minimum Gasteiger partial charge on any atom is -0.495 e. The van der Waals surface area contributed by atoms with E-state index in [-0.39, 0.29) is 5.91 Å². The molecule has 0 spiro atoms. The lowest BCUT2D eigenvalue weighted by molar-refractivity contribution is -0.117. The Bertz CT molecular complexity index is 377. The van der Waals surface area contributed by atoms with Gasteiger partial charge in [0.15, 0.2) is 0 Å². The van der Waals surface area contributed by atoms with Gasteiger partial charge in [-0.25, -0.2) is 0 Å². The van der Waals surface area contributed by atoms with Crippen molar-refractivity contribution in [1.29, 1.82) is 0 Å². The van der Waals surface area contributed by atoms with Crippen molar-refractivity contribution in [2.75, 3.05) is 12.4 Å². The van der Waals surface area contributed by atoms with Gasteiger partial charge in [0, 0.05) is 0 Å². The normalized spacial score (nSPS) is 12.3. The average Bonchev–Trinajstić information content (AvgIpc) is 2.28. The largest absolute Gasteiger partial charge is 0.495 e. The zero-order chi connectivity index (χ0) is 12.8. The van der Waals surface area contributed by atoms with Crippen LogP contribution in [0.1, 0.15) is 20.3 Å². The summed E-state index contributed by atoms with van der Waals surface area (Å²) in [5, 5.41) is 2.78. The molecule has 1 amide bonds. The van der Waals surface area contributed by atoms with E-state index in [0.29, 0.717) is 23.8 Å². The highest BCUT2D eigenvalue weighted by molar-refractivity contribution is 5.95. The van der Waals surface area contributed by atoms with E-state index in [1.54, 1.807) is 19.2 Å². The second-order valence-electron chi connectivity index (χ2n) is 4.43. The summed E-state index contributed by atoms with van der Waals surface area (Å²) in [5.74, 6) is 0.856. The molecule has 0 saturated carbocycles. The Kier molecular flexibility index (Phi) is 4.97. The first-order valence-corrected chi connectivity index (χ1v) is 5.74. The standard InChI is InChI=1S/C13H20N2O2/c1-9(2)8-10(14)13(16)15-11-6-4-5-7-12(11)17-3/h4-7,9-10H,8,14H2,1-3H3,(H,15,16). The molecule has 17 heavy (non-hydrogen) atoms. The van der Waals surface area contributed by atoms with E-state index in [9.17, 15) is 4.79 Å². The number of anilines is 1. The van der Waals surface area contributed by atoms with Crippen molar-refractivity contribution in [3.63, 3.8) is 0 Å². The van der Waals surface area contributed by atoms with Gasteiger partial charge in [-0.05, 0) is 24.5 Å². The average molecular weight is 236 g/mol. The molecule has 0 heterocycles. The van der Waals surface area contributed by atoms with E-state index in [0.717, 1.165) is 0 Å². The zero-order valence-electron chi connectivity index (χ0n) is 10.6. The van der Waals surface area contributed by atoms with Crippen molar-refractivity contribution in [1.82, 2.24) is 0 Å². The second kappa shape index (κ2) is 6.25. The lowest BCUT2D eigenvalue weighted by Gasteiger charge is -2.15. The second-order valence-corrected chi connectivity index (χ2v) is 4.43. The van der Waals surface area contributed by atoms with Crippen LogP contribution in [0.25, 0.3) is 0 Å². The molecule has 0 radical (unpaired) electrons. The molecule has 1 atom stereocenters. The Hall–Kier alpha value is -1.55. The van der Waals surface area contributed by atoms with Gasteiger partial charge in [0.25, 0.3) is 0 Å². The predicted molar refractivity (Wildman–Crippen MR) is 69.1 cm³/mol. The van der Waals surface area contributed by atoms with Crippen LogP contribution in [0.5, 0.6) is 5.75 Å². The minimum absolute atomic E-state index is 0.178. The van der Waals surface area contributed by atoms with Crippen molar-refractivity contribution < 1.29 is 9.53 Å². The van der Waals surface area contributed by atoms with Gasteiger partial charge in [0.2, 0.25) is 5.91 Å². The van der Waals surface area contributed by atoms with Gasteiger partial charge in [-0.15, -0.1) is 0 Å². The predicted octanol–water partition coefficient (Wildman–Crippen LogP) is 2.01. The summed E-state index contributed by atoms with van der Waals surface area (Å²) < 4.78 is 5.15. The first-order valence-electron chi connectivity index (χ1n) is 5.74. The van der Waals surface area contributed by atoms with Gasteiger partial charge in [-0.2, -0.15) is 0 Å². The van der Waals surface area contributed by atoms with Crippen LogP contribution in [-0.4, -0.2) is 19.1 Å². The van der Waals surface area contributed by atoms with Crippen molar-refractivity contribution in [2.24, 2.45) is 11.7 Å². The molecule has 0 saturated heterocycles. The molecule has 0 aliphatic heterocycles. The van der Waals surface area contributed by atoms with Crippen molar-refractivity contribution in [3.05, 3.63) is 24.3 Å².